The summed E-state index contributed by atoms with van der Waals surface area (Å²) in [6, 6.07) is 3.32. The number of anilines is 1. The molecule has 1 fully saturated rings. The average Bonchev–Trinajstić information content (AvgIpc) is 3.01. The number of pyridine rings is 1. The fraction of sp³-hybridized carbons (Fsp3) is 0.500. The number of rotatable bonds is 4. The average molecular weight is 223 g/mol. The van der Waals surface area contributed by atoms with Gasteiger partial charge in [-0.05, 0) is 28.8 Å². The van der Waals surface area contributed by atoms with Gasteiger partial charge in [0, 0.05) is 20.2 Å². The Bertz CT molecular complexity index is 416. The van der Waals surface area contributed by atoms with Crippen molar-refractivity contribution >= 4 is 11.6 Å². The molecule has 1 saturated carbocycles. The van der Waals surface area contributed by atoms with Crippen LogP contribution in [0.25, 0.3) is 0 Å². The second kappa shape index (κ2) is 3.96. The Morgan fingerprint density at radius 1 is 1.50 bits per heavy atom. The predicted octanol–water partition coefficient (Wildman–Crippen LogP) is 1.60. The lowest BCUT2D eigenvalue weighted by molar-refractivity contribution is -0.390. The lowest BCUT2D eigenvalue weighted by Crippen LogP contribution is -2.12. The standard InChI is InChI=1S/C10H13N3O3/c1-12(2)9-6-5-8(16-7-3-4-7)10(11-9)13(14)15/h5-7H,3-4H2,1-2H3. The summed E-state index contributed by atoms with van der Waals surface area (Å²) >= 11 is 0. The van der Waals surface area contributed by atoms with Crippen molar-refractivity contribution < 1.29 is 9.66 Å². The largest absolute Gasteiger partial charge is 0.482 e. The Morgan fingerprint density at radius 3 is 2.69 bits per heavy atom. The molecule has 6 heteroatoms. The zero-order chi connectivity index (χ0) is 11.7. The minimum Gasteiger partial charge on any atom is -0.482 e. The van der Waals surface area contributed by atoms with Crippen molar-refractivity contribution in [1.29, 1.82) is 0 Å². The van der Waals surface area contributed by atoms with Crippen LogP contribution in [0, 0.1) is 10.1 Å². The summed E-state index contributed by atoms with van der Waals surface area (Å²) in [5.41, 5.74) is 0. The van der Waals surface area contributed by atoms with Crippen molar-refractivity contribution in [3.05, 3.63) is 22.2 Å². The Morgan fingerprint density at radius 2 is 2.19 bits per heavy atom. The van der Waals surface area contributed by atoms with Crippen LogP contribution in [-0.4, -0.2) is 30.1 Å². The molecule has 1 aliphatic carbocycles. The lowest BCUT2D eigenvalue weighted by atomic mass is 10.4. The van der Waals surface area contributed by atoms with Gasteiger partial charge < -0.3 is 19.8 Å². The van der Waals surface area contributed by atoms with Crippen molar-refractivity contribution in [2.45, 2.75) is 18.9 Å². The maximum Gasteiger partial charge on any atom is 0.408 e. The van der Waals surface area contributed by atoms with E-state index < -0.39 is 4.92 Å². The molecule has 2 rings (SSSR count). The van der Waals surface area contributed by atoms with Crippen molar-refractivity contribution in [2.75, 3.05) is 19.0 Å². The van der Waals surface area contributed by atoms with Crippen molar-refractivity contribution in [2.24, 2.45) is 0 Å². The van der Waals surface area contributed by atoms with E-state index in [0.29, 0.717) is 5.82 Å². The molecule has 0 unspecified atom stereocenters. The molecule has 1 heterocycles. The first kappa shape index (κ1) is 10.7. The van der Waals surface area contributed by atoms with Crippen LogP contribution < -0.4 is 9.64 Å². The van der Waals surface area contributed by atoms with Crippen LogP contribution in [0.15, 0.2) is 12.1 Å². The molecular weight excluding hydrogens is 210 g/mol. The van der Waals surface area contributed by atoms with Crippen LogP contribution in [0.2, 0.25) is 0 Å². The SMILES string of the molecule is CN(C)c1ccc(OC2CC2)c([N+](=O)[O-])n1. The third-order valence-electron chi connectivity index (χ3n) is 2.27. The van der Waals surface area contributed by atoms with Gasteiger partial charge in [0.1, 0.15) is 0 Å². The summed E-state index contributed by atoms with van der Waals surface area (Å²) in [5, 5.41) is 10.8. The van der Waals surface area contributed by atoms with E-state index in [1.807, 2.05) is 0 Å². The highest BCUT2D eigenvalue weighted by molar-refractivity contribution is 5.49. The van der Waals surface area contributed by atoms with Gasteiger partial charge in [-0.15, -0.1) is 0 Å². The summed E-state index contributed by atoms with van der Waals surface area (Å²) < 4.78 is 5.43. The second-order valence-electron chi connectivity index (χ2n) is 3.96. The molecule has 1 aliphatic rings. The number of hydrogen-bond acceptors (Lipinski definition) is 5. The third kappa shape index (κ3) is 2.21. The van der Waals surface area contributed by atoms with Gasteiger partial charge >= 0.3 is 5.82 Å². The third-order valence-corrected chi connectivity index (χ3v) is 2.27. The second-order valence-corrected chi connectivity index (χ2v) is 3.96. The molecule has 6 nitrogen and oxygen atoms in total. The molecule has 0 amide bonds. The van der Waals surface area contributed by atoms with E-state index in [1.165, 1.54) is 0 Å². The normalized spacial score (nSPS) is 14.6. The minimum absolute atomic E-state index is 0.130. The quantitative estimate of drug-likeness (QED) is 0.572. The maximum atomic E-state index is 10.8. The zero-order valence-electron chi connectivity index (χ0n) is 9.21. The van der Waals surface area contributed by atoms with E-state index in [-0.39, 0.29) is 17.7 Å². The molecule has 0 atom stereocenters. The molecule has 1 aromatic heterocycles. The fourth-order valence-electron chi connectivity index (χ4n) is 1.26. The maximum absolute atomic E-state index is 10.8. The number of nitro groups is 1. The van der Waals surface area contributed by atoms with E-state index >= 15 is 0 Å². The van der Waals surface area contributed by atoms with Crippen molar-refractivity contribution in [1.82, 2.24) is 4.98 Å². The van der Waals surface area contributed by atoms with Gasteiger partial charge in [0.05, 0.1) is 6.10 Å². The first-order valence-corrected chi connectivity index (χ1v) is 5.07. The Labute approximate surface area is 93.0 Å². The van der Waals surface area contributed by atoms with Gasteiger partial charge in [-0.1, -0.05) is 0 Å². The van der Waals surface area contributed by atoms with E-state index in [9.17, 15) is 10.1 Å². The first-order valence-electron chi connectivity index (χ1n) is 5.07. The van der Waals surface area contributed by atoms with Crippen LogP contribution >= 0.6 is 0 Å². The molecule has 0 bridgehead atoms. The number of nitrogens with zero attached hydrogens (tertiary/aromatic N) is 3. The van der Waals surface area contributed by atoms with E-state index in [0.717, 1.165) is 12.8 Å². The van der Waals surface area contributed by atoms with Crippen LogP contribution in [0.4, 0.5) is 11.6 Å². The van der Waals surface area contributed by atoms with E-state index in [4.69, 9.17) is 4.74 Å². The van der Waals surface area contributed by atoms with Gasteiger partial charge in [0.2, 0.25) is 11.6 Å². The van der Waals surface area contributed by atoms with Crippen LogP contribution in [0.1, 0.15) is 12.8 Å². The predicted molar refractivity (Wildman–Crippen MR) is 58.9 cm³/mol. The van der Waals surface area contributed by atoms with E-state index in [2.05, 4.69) is 4.98 Å². The lowest BCUT2D eigenvalue weighted by Gasteiger charge is -2.09. The number of hydrogen-bond donors (Lipinski definition) is 0. The highest BCUT2D eigenvalue weighted by Gasteiger charge is 2.28. The van der Waals surface area contributed by atoms with Crippen LogP contribution in [0.5, 0.6) is 5.75 Å². The molecule has 0 N–H and O–H groups in total. The Balaban J connectivity index is 2.32. The molecule has 0 saturated heterocycles. The zero-order valence-corrected chi connectivity index (χ0v) is 9.21. The van der Waals surface area contributed by atoms with Crippen molar-refractivity contribution in [3.8, 4) is 5.75 Å². The summed E-state index contributed by atoms with van der Waals surface area (Å²) in [5.74, 6) is 0.603. The number of aromatic nitrogens is 1. The molecule has 16 heavy (non-hydrogen) atoms. The molecule has 86 valence electrons. The smallest absolute Gasteiger partial charge is 0.408 e. The highest BCUT2D eigenvalue weighted by Crippen LogP contribution is 2.33. The monoisotopic (exact) mass is 223 g/mol. The van der Waals surface area contributed by atoms with Gasteiger partial charge in [0.25, 0.3) is 0 Å². The van der Waals surface area contributed by atoms with E-state index in [1.54, 1.807) is 31.1 Å². The Hall–Kier alpha value is -1.85. The topological polar surface area (TPSA) is 68.5 Å². The molecule has 0 radical (unpaired) electrons. The summed E-state index contributed by atoms with van der Waals surface area (Å²) in [7, 11) is 3.57. The fourth-order valence-corrected chi connectivity index (χ4v) is 1.26. The van der Waals surface area contributed by atoms with Crippen LogP contribution in [0.3, 0.4) is 0 Å². The summed E-state index contributed by atoms with van der Waals surface area (Å²) in [6.45, 7) is 0. The minimum atomic E-state index is -0.509. The molecular formula is C10H13N3O3. The first-order chi connectivity index (χ1) is 7.58. The van der Waals surface area contributed by atoms with Crippen molar-refractivity contribution in [3.63, 3.8) is 0 Å². The summed E-state index contributed by atoms with van der Waals surface area (Å²) in [4.78, 5) is 16.0. The van der Waals surface area contributed by atoms with Gasteiger partial charge in [0.15, 0.2) is 0 Å². The van der Waals surface area contributed by atoms with Crippen LogP contribution in [-0.2, 0) is 0 Å². The number of ether oxygens (including phenoxy) is 1. The molecule has 0 spiro atoms. The molecule has 0 aliphatic heterocycles. The van der Waals surface area contributed by atoms with Gasteiger partial charge in [-0.3, -0.25) is 0 Å². The highest BCUT2D eigenvalue weighted by atomic mass is 16.6. The van der Waals surface area contributed by atoms with Gasteiger partial charge in [-0.25, -0.2) is 0 Å². The molecule has 1 aromatic rings. The Kier molecular flexibility index (Phi) is 2.64. The molecule has 0 aromatic carbocycles. The summed E-state index contributed by atoms with van der Waals surface area (Å²) in [6.07, 6.45) is 2.06. The van der Waals surface area contributed by atoms with Gasteiger partial charge in [-0.2, -0.15) is 0 Å².